The Morgan fingerprint density at radius 1 is 1.16 bits per heavy atom. The Labute approximate surface area is 118 Å². The van der Waals surface area contributed by atoms with E-state index in [1.807, 2.05) is 0 Å². The zero-order chi connectivity index (χ0) is 14.5. The van der Waals surface area contributed by atoms with Crippen molar-refractivity contribution in [1.82, 2.24) is 4.90 Å². The summed E-state index contributed by atoms with van der Waals surface area (Å²) in [7, 11) is -2.87. The van der Waals surface area contributed by atoms with Crippen LogP contribution in [0.2, 0.25) is 0 Å². The van der Waals surface area contributed by atoms with E-state index in [4.69, 9.17) is 5.73 Å². The Kier molecular flexibility index (Phi) is 6.27. The van der Waals surface area contributed by atoms with Crippen molar-refractivity contribution in [2.24, 2.45) is 5.73 Å². The maximum absolute atomic E-state index is 11.2. The summed E-state index contributed by atoms with van der Waals surface area (Å²) < 4.78 is 22.3. The lowest BCUT2D eigenvalue weighted by atomic mass is 9.89. The number of likely N-dealkylation sites (tertiary alicyclic amines) is 1. The van der Waals surface area contributed by atoms with Crippen LogP contribution in [0, 0.1) is 0 Å². The highest BCUT2D eigenvalue weighted by atomic mass is 32.2. The second kappa shape index (κ2) is 7.04. The summed E-state index contributed by atoms with van der Waals surface area (Å²) in [5.41, 5.74) is 6.29. The summed E-state index contributed by atoms with van der Waals surface area (Å²) in [5, 5.41) is 0. The number of hydrogen-bond donors (Lipinski definition) is 1. The number of hydrogen-bond acceptors (Lipinski definition) is 4. The lowest BCUT2D eigenvalue weighted by Crippen LogP contribution is -2.56. The highest BCUT2D eigenvalue weighted by molar-refractivity contribution is 7.90. The largest absolute Gasteiger partial charge is 0.326 e. The summed E-state index contributed by atoms with van der Waals surface area (Å²) in [5.74, 6) is 0.247. The summed E-state index contributed by atoms with van der Waals surface area (Å²) in [6.45, 7) is 6.63. The van der Waals surface area contributed by atoms with Gasteiger partial charge >= 0.3 is 0 Å². The molecule has 1 saturated heterocycles. The molecule has 1 rings (SSSR count). The predicted octanol–water partition coefficient (Wildman–Crippen LogP) is 1.79. The van der Waals surface area contributed by atoms with Crippen LogP contribution in [0.3, 0.4) is 0 Å². The molecule has 0 bridgehead atoms. The number of nitrogens with zero attached hydrogens (tertiary/aromatic N) is 1. The SMILES string of the molecule is CC(C)(C(N)CCCS(C)(=O)=O)N1CCCCCC1. The number of sulfone groups is 1. The fraction of sp³-hybridized carbons (Fsp3) is 1.00. The topological polar surface area (TPSA) is 63.4 Å². The van der Waals surface area contributed by atoms with Gasteiger partial charge in [-0.2, -0.15) is 0 Å². The molecule has 0 aromatic rings. The fourth-order valence-electron chi connectivity index (χ4n) is 2.80. The van der Waals surface area contributed by atoms with Gasteiger partial charge in [0.05, 0.1) is 0 Å². The summed E-state index contributed by atoms with van der Waals surface area (Å²) in [6, 6.07) is 0.0346. The molecule has 0 saturated carbocycles. The van der Waals surface area contributed by atoms with Gasteiger partial charge in [-0.15, -0.1) is 0 Å². The van der Waals surface area contributed by atoms with Crippen LogP contribution in [0.4, 0.5) is 0 Å². The molecule has 0 aromatic heterocycles. The van der Waals surface area contributed by atoms with Crippen molar-refractivity contribution < 1.29 is 8.42 Å². The lowest BCUT2D eigenvalue weighted by molar-refractivity contribution is 0.0946. The van der Waals surface area contributed by atoms with E-state index in [-0.39, 0.29) is 17.3 Å². The molecule has 1 fully saturated rings. The predicted molar refractivity (Wildman–Crippen MR) is 81.0 cm³/mol. The second-order valence-corrected chi connectivity index (χ2v) is 8.69. The van der Waals surface area contributed by atoms with Gasteiger partial charge in [0.15, 0.2) is 0 Å². The first kappa shape index (κ1) is 16.9. The van der Waals surface area contributed by atoms with Crippen molar-refractivity contribution in [2.75, 3.05) is 25.1 Å². The highest BCUT2D eigenvalue weighted by Gasteiger charge is 2.32. The average Bonchev–Trinajstić information content (AvgIpc) is 2.55. The van der Waals surface area contributed by atoms with Gasteiger partial charge < -0.3 is 5.73 Å². The molecule has 4 nitrogen and oxygen atoms in total. The Morgan fingerprint density at radius 2 is 1.68 bits per heavy atom. The van der Waals surface area contributed by atoms with E-state index in [1.165, 1.54) is 31.9 Å². The van der Waals surface area contributed by atoms with Crippen molar-refractivity contribution in [3.63, 3.8) is 0 Å². The molecule has 0 aliphatic carbocycles. The Morgan fingerprint density at radius 3 is 2.16 bits per heavy atom. The van der Waals surface area contributed by atoms with Crippen LogP contribution in [0.15, 0.2) is 0 Å². The maximum atomic E-state index is 11.2. The van der Waals surface area contributed by atoms with Crippen molar-refractivity contribution in [3.05, 3.63) is 0 Å². The minimum Gasteiger partial charge on any atom is -0.326 e. The molecule has 0 amide bonds. The standard InChI is InChI=1S/C14H30N2O2S/c1-14(2,16-10-6-4-5-7-11-16)13(15)9-8-12-19(3,17)18/h13H,4-12,15H2,1-3H3. The van der Waals surface area contributed by atoms with E-state index in [1.54, 1.807) is 0 Å². The van der Waals surface area contributed by atoms with Gasteiger partial charge in [-0.3, -0.25) is 4.90 Å². The Hall–Kier alpha value is -0.130. The maximum Gasteiger partial charge on any atom is 0.147 e. The van der Waals surface area contributed by atoms with Gasteiger partial charge in [0, 0.05) is 23.6 Å². The molecule has 1 unspecified atom stereocenters. The lowest BCUT2D eigenvalue weighted by Gasteiger charge is -2.42. The van der Waals surface area contributed by atoms with Crippen LogP contribution in [0.25, 0.3) is 0 Å². The van der Waals surface area contributed by atoms with E-state index in [2.05, 4.69) is 18.7 Å². The molecule has 1 aliphatic heterocycles. The normalized spacial score (nSPS) is 21.1. The van der Waals surface area contributed by atoms with Crippen LogP contribution in [-0.4, -0.2) is 50.0 Å². The quantitative estimate of drug-likeness (QED) is 0.810. The van der Waals surface area contributed by atoms with Crippen molar-refractivity contribution in [2.45, 2.75) is 64.0 Å². The van der Waals surface area contributed by atoms with Gasteiger partial charge in [0.25, 0.3) is 0 Å². The van der Waals surface area contributed by atoms with Crippen LogP contribution in [-0.2, 0) is 9.84 Å². The molecule has 0 aromatic carbocycles. The van der Waals surface area contributed by atoms with Gasteiger partial charge in [-0.25, -0.2) is 8.42 Å². The van der Waals surface area contributed by atoms with Gasteiger partial charge in [-0.1, -0.05) is 12.8 Å². The van der Waals surface area contributed by atoms with Crippen LogP contribution < -0.4 is 5.73 Å². The third-order valence-electron chi connectivity index (χ3n) is 4.36. The van der Waals surface area contributed by atoms with E-state index in [0.717, 1.165) is 19.5 Å². The van der Waals surface area contributed by atoms with E-state index >= 15 is 0 Å². The molecule has 5 heteroatoms. The molecule has 19 heavy (non-hydrogen) atoms. The molecule has 114 valence electrons. The first-order valence-corrected chi connectivity index (χ1v) is 9.48. The molecule has 1 heterocycles. The summed E-state index contributed by atoms with van der Waals surface area (Å²) in [4.78, 5) is 2.49. The number of rotatable bonds is 6. The van der Waals surface area contributed by atoms with E-state index < -0.39 is 9.84 Å². The minimum atomic E-state index is -2.87. The van der Waals surface area contributed by atoms with Crippen LogP contribution >= 0.6 is 0 Å². The molecule has 1 aliphatic rings. The van der Waals surface area contributed by atoms with Crippen LogP contribution in [0.1, 0.15) is 52.4 Å². The molecule has 2 N–H and O–H groups in total. The first-order valence-electron chi connectivity index (χ1n) is 7.42. The second-order valence-electron chi connectivity index (χ2n) is 6.43. The molecule has 1 atom stereocenters. The van der Waals surface area contributed by atoms with Gasteiger partial charge in [0.2, 0.25) is 0 Å². The average molecular weight is 290 g/mol. The zero-order valence-corrected chi connectivity index (χ0v) is 13.5. The minimum absolute atomic E-state index is 0.0346. The molecule has 0 spiro atoms. The molecule has 0 radical (unpaired) electrons. The smallest absolute Gasteiger partial charge is 0.147 e. The summed E-state index contributed by atoms with van der Waals surface area (Å²) >= 11 is 0. The van der Waals surface area contributed by atoms with E-state index in [9.17, 15) is 8.42 Å². The van der Waals surface area contributed by atoms with Gasteiger partial charge in [0.1, 0.15) is 9.84 Å². The monoisotopic (exact) mass is 290 g/mol. The third kappa shape index (κ3) is 5.79. The van der Waals surface area contributed by atoms with E-state index in [0.29, 0.717) is 6.42 Å². The van der Waals surface area contributed by atoms with Crippen molar-refractivity contribution in [3.8, 4) is 0 Å². The molecular formula is C14H30N2O2S. The Balaban J connectivity index is 2.49. The first-order chi connectivity index (χ1) is 8.73. The van der Waals surface area contributed by atoms with Crippen molar-refractivity contribution in [1.29, 1.82) is 0 Å². The molecular weight excluding hydrogens is 260 g/mol. The zero-order valence-electron chi connectivity index (χ0n) is 12.7. The van der Waals surface area contributed by atoms with Crippen LogP contribution in [0.5, 0.6) is 0 Å². The Bertz CT molecular complexity index is 358. The third-order valence-corrected chi connectivity index (χ3v) is 5.39. The summed E-state index contributed by atoms with van der Waals surface area (Å²) in [6.07, 6.45) is 7.86. The fourth-order valence-corrected chi connectivity index (χ4v) is 3.49. The number of nitrogens with two attached hydrogens (primary N) is 1. The highest BCUT2D eigenvalue weighted by Crippen LogP contribution is 2.24. The van der Waals surface area contributed by atoms with Crippen molar-refractivity contribution >= 4 is 9.84 Å². The van der Waals surface area contributed by atoms with Gasteiger partial charge in [-0.05, 0) is 52.6 Å².